The predicted molar refractivity (Wildman–Crippen MR) is 89.4 cm³/mol. The van der Waals surface area contributed by atoms with Crippen LogP contribution < -0.4 is 10.2 Å². The molecule has 7 nitrogen and oxygen atoms in total. The molecule has 0 atom stereocenters. The first kappa shape index (κ1) is 15.3. The number of hydrogen-bond acceptors (Lipinski definition) is 7. The van der Waals surface area contributed by atoms with Crippen molar-refractivity contribution in [1.29, 1.82) is 0 Å². The van der Waals surface area contributed by atoms with E-state index in [4.69, 9.17) is 0 Å². The Bertz CT molecular complexity index is 812. The quantitative estimate of drug-likeness (QED) is 0.496. The van der Waals surface area contributed by atoms with E-state index in [9.17, 15) is 14.4 Å². The highest BCUT2D eigenvalue weighted by molar-refractivity contribution is 8.01. The number of fused-ring (bicyclic) bond motifs is 1. The number of nitrogens with one attached hydrogen (secondary N) is 1. The highest BCUT2D eigenvalue weighted by Crippen LogP contribution is 2.33. The zero-order chi connectivity index (χ0) is 16.7. The molecule has 9 heteroatoms. The van der Waals surface area contributed by atoms with Crippen LogP contribution in [0.15, 0.2) is 28.6 Å². The minimum absolute atomic E-state index is 0.0417. The van der Waals surface area contributed by atoms with Crippen LogP contribution in [0.4, 0.5) is 5.13 Å². The molecule has 0 bridgehead atoms. The minimum atomic E-state index is -0.394. The van der Waals surface area contributed by atoms with Crippen LogP contribution in [0, 0.1) is 0 Å². The molecule has 122 valence electrons. The van der Waals surface area contributed by atoms with Gasteiger partial charge < -0.3 is 5.32 Å². The second-order valence-corrected chi connectivity index (χ2v) is 7.65. The highest BCUT2D eigenvalue weighted by atomic mass is 32.2. The van der Waals surface area contributed by atoms with Gasteiger partial charge in [0.15, 0.2) is 4.34 Å². The van der Waals surface area contributed by atoms with Gasteiger partial charge in [-0.05, 0) is 25.0 Å². The van der Waals surface area contributed by atoms with Crippen molar-refractivity contribution in [2.24, 2.45) is 0 Å². The summed E-state index contributed by atoms with van der Waals surface area (Å²) in [4.78, 5) is 37.5. The first-order valence-corrected chi connectivity index (χ1v) is 9.17. The number of rotatable bonds is 5. The molecule has 1 aromatic heterocycles. The van der Waals surface area contributed by atoms with Gasteiger partial charge in [-0.2, -0.15) is 0 Å². The van der Waals surface area contributed by atoms with Crippen LogP contribution in [-0.2, 0) is 4.79 Å². The van der Waals surface area contributed by atoms with E-state index in [1.807, 2.05) is 0 Å². The lowest BCUT2D eigenvalue weighted by Crippen LogP contribution is -2.29. The number of carbonyl (C=O) groups is 3. The normalized spacial score (nSPS) is 16.4. The van der Waals surface area contributed by atoms with E-state index in [0.29, 0.717) is 21.5 Å². The molecule has 1 aromatic carbocycles. The summed E-state index contributed by atoms with van der Waals surface area (Å²) in [6.45, 7) is 0. The SMILES string of the molecule is O=C(CSc1nnc(N2C(=O)c3ccccc3C2=O)s1)NC1CC1. The fraction of sp³-hybridized carbons (Fsp3) is 0.267. The van der Waals surface area contributed by atoms with Crippen LogP contribution in [0.5, 0.6) is 0 Å². The summed E-state index contributed by atoms with van der Waals surface area (Å²) < 4.78 is 0.549. The third kappa shape index (κ3) is 2.80. The van der Waals surface area contributed by atoms with Gasteiger partial charge in [-0.1, -0.05) is 35.2 Å². The van der Waals surface area contributed by atoms with E-state index < -0.39 is 11.8 Å². The molecular formula is C15H12N4O3S2. The Hall–Kier alpha value is -2.26. The molecule has 0 radical (unpaired) electrons. The molecule has 2 aliphatic rings. The van der Waals surface area contributed by atoms with Crippen LogP contribution in [0.2, 0.25) is 0 Å². The summed E-state index contributed by atoms with van der Waals surface area (Å²) >= 11 is 2.38. The minimum Gasteiger partial charge on any atom is -0.353 e. The van der Waals surface area contributed by atoms with E-state index in [2.05, 4.69) is 15.5 Å². The molecule has 1 saturated carbocycles. The van der Waals surface area contributed by atoms with E-state index in [1.54, 1.807) is 24.3 Å². The average molecular weight is 360 g/mol. The van der Waals surface area contributed by atoms with Gasteiger partial charge in [0.2, 0.25) is 11.0 Å². The van der Waals surface area contributed by atoms with Crippen molar-refractivity contribution in [3.05, 3.63) is 35.4 Å². The Labute approximate surface area is 145 Å². The van der Waals surface area contributed by atoms with Crippen molar-refractivity contribution in [3.8, 4) is 0 Å². The number of thioether (sulfide) groups is 1. The molecule has 2 aromatic rings. The first-order chi connectivity index (χ1) is 11.6. The van der Waals surface area contributed by atoms with Crippen molar-refractivity contribution in [3.63, 3.8) is 0 Å². The van der Waals surface area contributed by atoms with E-state index in [0.717, 1.165) is 29.1 Å². The molecule has 2 heterocycles. The lowest BCUT2D eigenvalue weighted by Gasteiger charge is -2.07. The van der Waals surface area contributed by atoms with Crippen LogP contribution in [0.3, 0.4) is 0 Å². The smallest absolute Gasteiger partial charge is 0.268 e. The standard InChI is InChI=1S/C15H12N4O3S2/c20-11(16-8-5-6-8)7-23-15-18-17-14(24-15)19-12(21)9-3-1-2-4-10(9)13(19)22/h1-4,8H,5-7H2,(H,16,20). The van der Waals surface area contributed by atoms with Crippen LogP contribution in [0.25, 0.3) is 0 Å². The Morgan fingerprint density at radius 1 is 1.21 bits per heavy atom. The number of imide groups is 1. The van der Waals surface area contributed by atoms with Crippen molar-refractivity contribution in [2.75, 3.05) is 10.7 Å². The Kier molecular flexibility index (Phi) is 3.81. The molecule has 0 unspecified atom stereocenters. The zero-order valence-corrected chi connectivity index (χ0v) is 14.0. The Morgan fingerprint density at radius 3 is 2.50 bits per heavy atom. The summed E-state index contributed by atoms with van der Waals surface area (Å²) in [5.74, 6) is -0.586. The number of aromatic nitrogens is 2. The largest absolute Gasteiger partial charge is 0.353 e. The monoisotopic (exact) mass is 360 g/mol. The second-order valence-electron chi connectivity index (χ2n) is 5.47. The van der Waals surface area contributed by atoms with Crippen molar-refractivity contribution in [1.82, 2.24) is 15.5 Å². The summed E-state index contributed by atoms with van der Waals surface area (Å²) in [6.07, 6.45) is 2.08. The van der Waals surface area contributed by atoms with Gasteiger partial charge in [-0.25, -0.2) is 4.90 Å². The fourth-order valence-electron chi connectivity index (χ4n) is 2.34. The molecular weight excluding hydrogens is 348 g/mol. The lowest BCUT2D eigenvalue weighted by molar-refractivity contribution is -0.118. The molecule has 3 amide bonds. The van der Waals surface area contributed by atoms with Crippen molar-refractivity contribution < 1.29 is 14.4 Å². The van der Waals surface area contributed by atoms with Crippen LogP contribution in [0.1, 0.15) is 33.6 Å². The highest BCUT2D eigenvalue weighted by Gasteiger charge is 2.38. The second kappa shape index (κ2) is 5.99. The summed E-state index contributed by atoms with van der Waals surface area (Å²) in [6, 6.07) is 6.99. The average Bonchev–Trinajstić information content (AvgIpc) is 3.21. The zero-order valence-electron chi connectivity index (χ0n) is 12.4. The van der Waals surface area contributed by atoms with Gasteiger partial charge in [0.25, 0.3) is 11.8 Å². The first-order valence-electron chi connectivity index (χ1n) is 7.37. The van der Waals surface area contributed by atoms with Gasteiger partial charge in [0.1, 0.15) is 0 Å². The number of anilines is 1. The number of carbonyl (C=O) groups excluding carboxylic acids is 3. The Morgan fingerprint density at radius 2 is 1.88 bits per heavy atom. The summed E-state index contributed by atoms with van der Waals surface area (Å²) in [5.41, 5.74) is 0.742. The van der Waals surface area contributed by atoms with Gasteiger partial charge >= 0.3 is 0 Å². The van der Waals surface area contributed by atoms with Crippen LogP contribution >= 0.6 is 23.1 Å². The van der Waals surface area contributed by atoms with Gasteiger partial charge in [0, 0.05) is 6.04 Å². The number of benzene rings is 1. The molecule has 24 heavy (non-hydrogen) atoms. The molecule has 1 fully saturated rings. The molecule has 1 aliphatic heterocycles. The number of nitrogens with zero attached hydrogens (tertiary/aromatic N) is 3. The molecule has 1 N–H and O–H groups in total. The molecule has 1 aliphatic carbocycles. The maximum atomic E-state index is 12.4. The van der Waals surface area contributed by atoms with E-state index in [1.165, 1.54) is 11.8 Å². The van der Waals surface area contributed by atoms with Crippen molar-refractivity contribution in [2.45, 2.75) is 23.2 Å². The van der Waals surface area contributed by atoms with Gasteiger partial charge in [0.05, 0.1) is 16.9 Å². The van der Waals surface area contributed by atoms with Crippen molar-refractivity contribution >= 4 is 46.0 Å². The topological polar surface area (TPSA) is 92.3 Å². The van der Waals surface area contributed by atoms with Gasteiger partial charge in [-0.3, -0.25) is 14.4 Å². The molecule has 4 rings (SSSR count). The summed E-state index contributed by atoms with van der Waals surface area (Å²) in [5, 5.41) is 11.0. The van der Waals surface area contributed by atoms with Crippen LogP contribution in [-0.4, -0.2) is 39.7 Å². The number of hydrogen-bond donors (Lipinski definition) is 1. The summed E-state index contributed by atoms with van der Waals surface area (Å²) in [7, 11) is 0. The molecule has 0 saturated heterocycles. The maximum absolute atomic E-state index is 12.4. The number of amides is 3. The third-order valence-electron chi connectivity index (χ3n) is 3.65. The predicted octanol–water partition coefficient (Wildman–Crippen LogP) is 1.71. The van der Waals surface area contributed by atoms with Gasteiger partial charge in [-0.15, -0.1) is 10.2 Å². The van der Waals surface area contributed by atoms with E-state index in [-0.39, 0.29) is 16.8 Å². The molecule has 0 spiro atoms. The fourth-order valence-corrected chi connectivity index (χ4v) is 3.99. The third-order valence-corrected chi connectivity index (χ3v) is 5.69. The lowest BCUT2D eigenvalue weighted by atomic mass is 10.1. The maximum Gasteiger partial charge on any atom is 0.268 e. The van der Waals surface area contributed by atoms with E-state index >= 15 is 0 Å². The Balaban J connectivity index is 1.46.